The molecule has 0 bridgehead atoms. The molecule has 0 unspecified atom stereocenters. The molecule has 0 radical (unpaired) electrons. The molecule has 110 valence electrons. The minimum atomic E-state index is -0.0193. The topological polar surface area (TPSA) is 83.6 Å². The molecule has 1 heterocycles. The number of tetrazole rings is 1. The quantitative estimate of drug-likeness (QED) is 0.756. The number of aryl methyl sites for hydroxylation is 1. The summed E-state index contributed by atoms with van der Waals surface area (Å²) in [6.07, 6.45) is 1.16. The minimum Gasteiger partial charge on any atom is -0.326 e. The first-order chi connectivity index (χ1) is 10.8. The van der Waals surface area contributed by atoms with Gasteiger partial charge in [-0.05, 0) is 29.3 Å². The van der Waals surface area contributed by atoms with Crippen molar-refractivity contribution in [3.8, 4) is 11.4 Å². The van der Waals surface area contributed by atoms with Crippen LogP contribution in [0.1, 0.15) is 12.0 Å². The van der Waals surface area contributed by atoms with E-state index in [2.05, 4.69) is 25.9 Å². The highest BCUT2D eigenvalue weighted by atomic mass is 16.1. The normalized spacial score (nSPS) is 10.4. The number of aromatic nitrogens is 4. The first-order valence-corrected chi connectivity index (χ1v) is 6.99. The van der Waals surface area contributed by atoms with Gasteiger partial charge in [0.05, 0.1) is 0 Å². The molecule has 22 heavy (non-hydrogen) atoms. The van der Waals surface area contributed by atoms with Crippen molar-refractivity contribution in [3.63, 3.8) is 0 Å². The number of H-pyrrole nitrogens is 1. The average molecular weight is 293 g/mol. The maximum Gasteiger partial charge on any atom is 0.224 e. The number of anilines is 1. The zero-order valence-corrected chi connectivity index (χ0v) is 11.9. The number of carbonyl (C=O) groups is 1. The second kappa shape index (κ2) is 6.62. The molecule has 0 atom stereocenters. The molecule has 1 amide bonds. The van der Waals surface area contributed by atoms with Crippen LogP contribution in [-0.4, -0.2) is 26.5 Å². The van der Waals surface area contributed by atoms with Crippen molar-refractivity contribution in [2.24, 2.45) is 0 Å². The van der Waals surface area contributed by atoms with Gasteiger partial charge < -0.3 is 5.32 Å². The van der Waals surface area contributed by atoms with E-state index in [1.54, 1.807) is 0 Å². The summed E-state index contributed by atoms with van der Waals surface area (Å²) in [5.41, 5.74) is 2.67. The van der Waals surface area contributed by atoms with Crippen LogP contribution in [0.15, 0.2) is 54.6 Å². The molecule has 0 aliphatic carbocycles. The Balaban J connectivity index is 1.61. The monoisotopic (exact) mass is 293 g/mol. The summed E-state index contributed by atoms with van der Waals surface area (Å²) in [6.45, 7) is 0. The third kappa shape index (κ3) is 3.54. The Bertz CT molecular complexity index is 740. The summed E-state index contributed by atoms with van der Waals surface area (Å²) in [5, 5.41) is 16.7. The van der Waals surface area contributed by atoms with Crippen molar-refractivity contribution in [2.45, 2.75) is 12.8 Å². The van der Waals surface area contributed by atoms with Crippen molar-refractivity contribution >= 4 is 11.6 Å². The van der Waals surface area contributed by atoms with Crippen LogP contribution < -0.4 is 5.32 Å². The molecule has 0 spiro atoms. The van der Waals surface area contributed by atoms with E-state index in [1.807, 2.05) is 54.6 Å². The summed E-state index contributed by atoms with van der Waals surface area (Å²) in [5.74, 6) is 0.481. The molecule has 3 aromatic rings. The number of nitrogens with zero attached hydrogens (tertiary/aromatic N) is 3. The lowest BCUT2D eigenvalue weighted by Gasteiger charge is -2.06. The maximum atomic E-state index is 12.0. The number of carbonyl (C=O) groups excluding carboxylic acids is 1. The number of benzene rings is 2. The Morgan fingerprint density at radius 2 is 1.95 bits per heavy atom. The molecular weight excluding hydrogens is 278 g/mol. The molecule has 1 aromatic heterocycles. The molecule has 0 saturated heterocycles. The predicted molar refractivity (Wildman–Crippen MR) is 83.0 cm³/mol. The van der Waals surface area contributed by atoms with Gasteiger partial charge in [-0.2, -0.15) is 5.21 Å². The second-order valence-corrected chi connectivity index (χ2v) is 4.85. The molecule has 0 aliphatic heterocycles. The summed E-state index contributed by atoms with van der Waals surface area (Å²) in [6, 6.07) is 17.3. The maximum absolute atomic E-state index is 12.0. The second-order valence-electron chi connectivity index (χ2n) is 4.85. The van der Waals surface area contributed by atoms with Gasteiger partial charge in [0.1, 0.15) is 0 Å². The van der Waals surface area contributed by atoms with Crippen LogP contribution in [0.5, 0.6) is 0 Å². The minimum absolute atomic E-state index is 0.0193. The summed E-state index contributed by atoms with van der Waals surface area (Å²) in [4.78, 5) is 12.0. The van der Waals surface area contributed by atoms with Crippen molar-refractivity contribution in [2.75, 3.05) is 5.32 Å². The lowest BCUT2D eigenvalue weighted by atomic mass is 10.1. The molecular formula is C16H15N5O. The van der Waals surface area contributed by atoms with Gasteiger partial charge >= 0.3 is 0 Å². The van der Waals surface area contributed by atoms with Crippen molar-refractivity contribution in [1.29, 1.82) is 0 Å². The van der Waals surface area contributed by atoms with Gasteiger partial charge in [0.2, 0.25) is 11.7 Å². The van der Waals surface area contributed by atoms with Crippen molar-refractivity contribution in [3.05, 3.63) is 60.2 Å². The fourth-order valence-corrected chi connectivity index (χ4v) is 2.15. The highest BCUT2D eigenvalue weighted by Crippen LogP contribution is 2.18. The smallest absolute Gasteiger partial charge is 0.224 e. The molecule has 6 heteroatoms. The summed E-state index contributed by atoms with van der Waals surface area (Å²) < 4.78 is 0. The van der Waals surface area contributed by atoms with Gasteiger partial charge in [-0.15, -0.1) is 10.2 Å². The summed E-state index contributed by atoms with van der Waals surface area (Å²) >= 11 is 0. The van der Waals surface area contributed by atoms with Gasteiger partial charge in [-0.25, -0.2) is 0 Å². The van der Waals surface area contributed by atoms with E-state index in [0.29, 0.717) is 12.2 Å². The standard InChI is InChI=1S/C16H15N5O/c22-15(10-9-12-5-2-1-3-6-12)17-14-8-4-7-13(11-14)16-18-20-21-19-16/h1-8,11H,9-10H2,(H,17,22)(H,18,19,20,21). The zero-order chi connectivity index (χ0) is 15.2. The van der Waals surface area contributed by atoms with Crippen LogP contribution in [0.4, 0.5) is 5.69 Å². The number of hydrogen-bond acceptors (Lipinski definition) is 4. The Morgan fingerprint density at radius 1 is 1.09 bits per heavy atom. The van der Waals surface area contributed by atoms with Gasteiger partial charge in [-0.1, -0.05) is 42.5 Å². The SMILES string of the molecule is O=C(CCc1ccccc1)Nc1cccc(-c2nn[nH]n2)c1. The predicted octanol–water partition coefficient (Wildman–Crippen LogP) is 2.44. The highest BCUT2D eigenvalue weighted by molar-refractivity contribution is 5.91. The lowest BCUT2D eigenvalue weighted by Crippen LogP contribution is -2.12. The highest BCUT2D eigenvalue weighted by Gasteiger charge is 2.06. The summed E-state index contributed by atoms with van der Waals surface area (Å²) in [7, 11) is 0. The molecule has 2 N–H and O–H groups in total. The van der Waals surface area contributed by atoms with Crippen molar-refractivity contribution < 1.29 is 4.79 Å². The van der Waals surface area contributed by atoms with Gasteiger partial charge in [0.15, 0.2) is 0 Å². The average Bonchev–Trinajstić information content (AvgIpc) is 3.09. The van der Waals surface area contributed by atoms with Crippen molar-refractivity contribution in [1.82, 2.24) is 20.6 Å². The van der Waals surface area contributed by atoms with Crippen LogP contribution in [0, 0.1) is 0 Å². The van der Waals surface area contributed by atoms with Gasteiger partial charge in [0.25, 0.3) is 0 Å². The molecule has 3 rings (SSSR count). The third-order valence-electron chi connectivity index (χ3n) is 3.23. The van der Waals surface area contributed by atoms with Crippen LogP contribution in [0.3, 0.4) is 0 Å². The van der Waals surface area contributed by atoms with Gasteiger partial charge in [0, 0.05) is 17.7 Å². The number of amides is 1. The van der Waals surface area contributed by atoms with Crippen LogP contribution in [0.2, 0.25) is 0 Å². The fraction of sp³-hybridized carbons (Fsp3) is 0.125. The number of hydrogen-bond donors (Lipinski definition) is 2. The van der Waals surface area contributed by atoms with E-state index in [0.717, 1.165) is 23.2 Å². The lowest BCUT2D eigenvalue weighted by molar-refractivity contribution is -0.116. The Morgan fingerprint density at radius 3 is 2.73 bits per heavy atom. The fourth-order valence-electron chi connectivity index (χ4n) is 2.15. The first kappa shape index (κ1) is 13.9. The van der Waals surface area contributed by atoms with Gasteiger partial charge in [-0.3, -0.25) is 4.79 Å². The Hall–Kier alpha value is -3.02. The number of aromatic amines is 1. The molecule has 0 saturated carbocycles. The van der Waals surface area contributed by atoms with Crippen LogP contribution >= 0.6 is 0 Å². The van der Waals surface area contributed by atoms with E-state index in [-0.39, 0.29) is 5.91 Å². The van der Waals surface area contributed by atoms with E-state index < -0.39 is 0 Å². The van der Waals surface area contributed by atoms with Crippen LogP contribution in [-0.2, 0) is 11.2 Å². The first-order valence-electron chi connectivity index (χ1n) is 6.99. The molecule has 0 fully saturated rings. The van der Waals surface area contributed by atoms with E-state index >= 15 is 0 Å². The van der Waals surface area contributed by atoms with E-state index in [1.165, 1.54) is 0 Å². The zero-order valence-electron chi connectivity index (χ0n) is 11.9. The molecule has 2 aromatic carbocycles. The van der Waals surface area contributed by atoms with E-state index in [9.17, 15) is 4.79 Å². The largest absolute Gasteiger partial charge is 0.326 e. The third-order valence-corrected chi connectivity index (χ3v) is 3.23. The molecule has 0 aliphatic rings. The van der Waals surface area contributed by atoms with E-state index in [4.69, 9.17) is 0 Å². The Kier molecular flexibility index (Phi) is 4.20. The number of nitrogens with one attached hydrogen (secondary N) is 2. The van der Waals surface area contributed by atoms with Crippen LogP contribution in [0.25, 0.3) is 11.4 Å². The number of rotatable bonds is 5. The molecule has 6 nitrogen and oxygen atoms in total. The Labute approximate surface area is 127 Å².